The third-order valence-electron chi connectivity index (χ3n) is 5.58. The molecule has 0 saturated carbocycles. The smallest absolute Gasteiger partial charge is 0.142 e. The van der Waals surface area contributed by atoms with Gasteiger partial charge in [0.1, 0.15) is 24.7 Å². The molecule has 4 rings (SSSR count). The summed E-state index contributed by atoms with van der Waals surface area (Å²) < 4.78 is 12.3. The fourth-order valence-corrected chi connectivity index (χ4v) is 3.83. The number of benzene rings is 3. The maximum absolute atomic E-state index is 9.36. The summed E-state index contributed by atoms with van der Waals surface area (Å²) in [5.41, 5.74) is 5.19. The summed E-state index contributed by atoms with van der Waals surface area (Å²) in [7, 11) is 0. The van der Waals surface area contributed by atoms with E-state index in [1.165, 1.54) is 0 Å². The quantitative estimate of drug-likeness (QED) is 0.270. The molecule has 0 radical (unpaired) electrons. The number of aromatic nitrogens is 1. The average molecular weight is 489 g/mol. The summed E-state index contributed by atoms with van der Waals surface area (Å²) in [6.45, 7) is 3.21. The number of hydrogen-bond acceptors (Lipinski definition) is 5. The second kappa shape index (κ2) is 12.4. The van der Waals surface area contributed by atoms with Gasteiger partial charge in [0.15, 0.2) is 0 Å². The van der Waals surface area contributed by atoms with Crippen LogP contribution in [0.5, 0.6) is 11.5 Å². The van der Waals surface area contributed by atoms with E-state index in [-0.39, 0.29) is 12.6 Å². The second-order valence-corrected chi connectivity index (χ2v) is 8.77. The molecule has 0 aliphatic rings. The highest BCUT2D eigenvalue weighted by Crippen LogP contribution is 2.34. The summed E-state index contributed by atoms with van der Waals surface area (Å²) >= 11 is 6.59. The van der Waals surface area contributed by atoms with Gasteiger partial charge in [-0.2, -0.15) is 0 Å². The van der Waals surface area contributed by atoms with Gasteiger partial charge in [-0.05, 0) is 41.8 Å². The molecular weight excluding hydrogens is 460 g/mol. The molecule has 2 N–H and O–H groups in total. The third kappa shape index (κ3) is 7.06. The Kier molecular flexibility index (Phi) is 8.74. The highest BCUT2D eigenvalue weighted by molar-refractivity contribution is 6.32. The van der Waals surface area contributed by atoms with Gasteiger partial charge in [0.2, 0.25) is 0 Å². The minimum atomic E-state index is -0.0484. The molecule has 35 heavy (non-hydrogen) atoms. The maximum atomic E-state index is 9.36. The van der Waals surface area contributed by atoms with E-state index < -0.39 is 0 Å². The number of ether oxygens (including phenoxy) is 2. The van der Waals surface area contributed by atoms with Crippen LogP contribution in [0.1, 0.15) is 23.6 Å². The van der Waals surface area contributed by atoms with Gasteiger partial charge >= 0.3 is 0 Å². The number of hydrogen-bond donors (Lipinski definition) is 2. The molecule has 1 atom stereocenters. The molecule has 1 unspecified atom stereocenters. The summed E-state index contributed by atoms with van der Waals surface area (Å²) in [5, 5.41) is 13.1. The zero-order valence-corrected chi connectivity index (χ0v) is 20.4. The molecule has 3 aromatic carbocycles. The number of aliphatic hydroxyl groups excluding tert-OH is 1. The average Bonchev–Trinajstić information content (AvgIpc) is 2.91. The third-order valence-corrected chi connectivity index (χ3v) is 5.87. The van der Waals surface area contributed by atoms with Crippen LogP contribution in [0.4, 0.5) is 0 Å². The molecule has 0 spiro atoms. The first-order valence-corrected chi connectivity index (χ1v) is 12.0. The number of pyridine rings is 1. The Morgan fingerprint density at radius 3 is 2.37 bits per heavy atom. The molecule has 0 bridgehead atoms. The normalized spacial score (nSPS) is 11.7. The van der Waals surface area contributed by atoms with Gasteiger partial charge in [0, 0.05) is 42.2 Å². The van der Waals surface area contributed by atoms with Gasteiger partial charge in [-0.3, -0.25) is 4.98 Å². The Bertz CT molecular complexity index is 1220. The van der Waals surface area contributed by atoms with Gasteiger partial charge in [0.05, 0.1) is 11.6 Å². The lowest BCUT2D eigenvalue weighted by Gasteiger charge is -2.17. The van der Waals surface area contributed by atoms with Crippen molar-refractivity contribution in [3.63, 3.8) is 0 Å². The zero-order chi connectivity index (χ0) is 24.5. The van der Waals surface area contributed by atoms with E-state index in [1.54, 1.807) is 12.4 Å². The van der Waals surface area contributed by atoms with Crippen molar-refractivity contribution in [2.45, 2.75) is 32.7 Å². The zero-order valence-electron chi connectivity index (χ0n) is 19.7. The van der Waals surface area contributed by atoms with E-state index in [9.17, 15) is 5.11 Å². The van der Waals surface area contributed by atoms with Crippen LogP contribution in [0, 0.1) is 0 Å². The summed E-state index contributed by atoms with van der Waals surface area (Å²) in [5.74, 6) is 1.22. The topological polar surface area (TPSA) is 63.6 Å². The van der Waals surface area contributed by atoms with Crippen molar-refractivity contribution in [1.82, 2.24) is 10.3 Å². The van der Waals surface area contributed by atoms with Gasteiger partial charge in [-0.25, -0.2) is 0 Å². The van der Waals surface area contributed by atoms with Crippen LogP contribution in [0.25, 0.3) is 11.1 Å². The summed E-state index contributed by atoms with van der Waals surface area (Å²) in [4.78, 5) is 4.15. The highest BCUT2D eigenvalue weighted by atomic mass is 35.5. The summed E-state index contributed by atoms with van der Waals surface area (Å²) in [6.07, 6.45) is 3.51. The highest BCUT2D eigenvalue weighted by Gasteiger charge is 2.13. The Labute approximate surface area is 211 Å². The lowest BCUT2D eigenvalue weighted by Crippen LogP contribution is -2.28. The molecule has 180 valence electrons. The summed E-state index contributed by atoms with van der Waals surface area (Å²) in [6, 6.07) is 26.0. The van der Waals surface area contributed by atoms with Gasteiger partial charge < -0.3 is 19.9 Å². The number of rotatable bonds is 11. The van der Waals surface area contributed by atoms with Crippen molar-refractivity contribution in [2.24, 2.45) is 0 Å². The lowest BCUT2D eigenvalue weighted by atomic mass is 10.0. The van der Waals surface area contributed by atoms with Crippen LogP contribution < -0.4 is 14.8 Å². The molecule has 1 aromatic heterocycles. The van der Waals surface area contributed by atoms with E-state index in [0.29, 0.717) is 36.3 Å². The Hall–Kier alpha value is -3.38. The standard InChI is InChI=1S/C29H29ClN2O3/c1-21(18-33)32-17-26-14-27(30)29(15-28(26)34-20-23-8-6-12-31-16-23)35-19-22-7-5-11-25(13-22)24-9-3-2-4-10-24/h2-16,21,32-33H,17-20H2,1H3. The lowest BCUT2D eigenvalue weighted by molar-refractivity contribution is 0.249. The first kappa shape index (κ1) is 24.7. The second-order valence-electron chi connectivity index (χ2n) is 8.36. The molecule has 0 fully saturated rings. The van der Waals surface area contributed by atoms with Crippen molar-refractivity contribution < 1.29 is 14.6 Å². The Balaban J connectivity index is 1.51. The van der Waals surface area contributed by atoms with Crippen LogP contribution in [0.2, 0.25) is 5.02 Å². The van der Waals surface area contributed by atoms with Crippen LogP contribution in [0.15, 0.2) is 91.3 Å². The van der Waals surface area contributed by atoms with Crippen LogP contribution >= 0.6 is 11.6 Å². The fraction of sp³-hybridized carbons (Fsp3) is 0.207. The van der Waals surface area contributed by atoms with Crippen LogP contribution in [-0.2, 0) is 19.8 Å². The van der Waals surface area contributed by atoms with Crippen LogP contribution in [-0.4, -0.2) is 22.7 Å². The molecule has 0 aliphatic carbocycles. The van der Waals surface area contributed by atoms with Crippen molar-refractivity contribution in [3.8, 4) is 22.6 Å². The predicted octanol–water partition coefficient (Wildman–Crippen LogP) is 6.03. The number of nitrogens with one attached hydrogen (secondary N) is 1. The van der Waals surface area contributed by atoms with Crippen molar-refractivity contribution in [1.29, 1.82) is 0 Å². The van der Waals surface area contributed by atoms with E-state index in [4.69, 9.17) is 21.1 Å². The fourth-order valence-electron chi connectivity index (χ4n) is 3.58. The van der Waals surface area contributed by atoms with E-state index in [0.717, 1.165) is 27.8 Å². The first-order chi connectivity index (χ1) is 17.1. The monoisotopic (exact) mass is 488 g/mol. The predicted molar refractivity (Wildman–Crippen MR) is 140 cm³/mol. The van der Waals surface area contributed by atoms with Gasteiger partial charge in [-0.15, -0.1) is 0 Å². The molecule has 0 aliphatic heterocycles. The van der Waals surface area contributed by atoms with Crippen molar-refractivity contribution in [3.05, 3.63) is 113 Å². The van der Waals surface area contributed by atoms with E-state index >= 15 is 0 Å². The first-order valence-electron chi connectivity index (χ1n) is 11.6. The minimum Gasteiger partial charge on any atom is -0.488 e. The van der Waals surface area contributed by atoms with Crippen LogP contribution in [0.3, 0.4) is 0 Å². The largest absolute Gasteiger partial charge is 0.488 e. The number of aliphatic hydroxyl groups is 1. The van der Waals surface area contributed by atoms with Crippen molar-refractivity contribution >= 4 is 11.6 Å². The van der Waals surface area contributed by atoms with E-state index in [2.05, 4.69) is 34.6 Å². The molecular formula is C29H29ClN2O3. The molecule has 1 heterocycles. The molecule has 0 saturated heterocycles. The molecule has 4 aromatic rings. The minimum absolute atomic E-state index is 0.0445. The Morgan fingerprint density at radius 2 is 1.60 bits per heavy atom. The molecule has 0 amide bonds. The maximum Gasteiger partial charge on any atom is 0.142 e. The number of nitrogens with zero attached hydrogens (tertiary/aromatic N) is 1. The van der Waals surface area contributed by atoms with Crippen molar-refractivity contribution in [2.75, 3.05) is 6.61 Å². The molecule has 5 nitrogen and oxygen atoms in total. The number of halogens is 1. The molecule has 6 heteroatoms. The van der Waals surface area contributed by atoms with Gasteiger partial charge in [-0.1, -0.05) is 66.2 Å². The van der Waals surface area contributed by atoms with Gasteiger partial charge in [0.25, 0.3) is 0 Å². The SMILES string of the molecule is CC(CO)NCc1cc(Cl)c(OCc2cccc(-c3ccccc3)c2)cc1OCc1cccnc1. The van der Waals surface area contributed by atoms with E-state index in [1.807, 2.05) is 61.5 Å². The Morgan fingerprint density at radius 1 is 0.857 bits per heavy atom.